The molecular formula is C24H38N4O4S. The van der Waals surface area contributed by atoms with Gasteiger partial charge in [-0.1, -0.05) is 19.9 Å². The maximum absolute atomic E-state index is 13.2. The van der Waals surface area contributed by atoms with E-state index in [9.17, 15) is 18.0 Å². The number of piperidine rings is 1. The molecule has 1 aliphatic carbocycles. The second kappa shape index (κ2) is 10.1. The first-order valence-corrected chi connectivity index (χ1v) is 13.2. The molecule has 9 heteroatoms. The van der Waals surface area contributed by atoms with Crippen molar-refractivity contribution in [2.45, 2.75) is 57.4 Å². The Morgan fingerprint density at radius 3 is 2.33 bits per heavy atom. The van der Waals surface area contributed by atoms with Crippen molar-refractivity contribution in [1.82, 2.24) is 19.8 Å². The minimum Gasteiger partial charge on any atom is -0.355 e. The molecule has 1 saturated carbocycles. The van der Waals surface area contributed by atoms with Crippen LogP contribution in [0.2, 0.25) is 0 Å². The van der Waals surface area contributed by atoms with Gasteiger partial charge in [0.25, 0.3) is 5.91 Å². The maximum Gasteiger partial charge on any atom is 0.254 e. The normalized spacial score (nSPS) is 17.9. The van der Waals surface area contributed by atoms with E-state index in [2.05, 4.69) is 28.8 Å². The van der Waals surface area contributed by atoms with Gasteiger partial charge in [0.15, 0.2) is 0 Å². The highest BCUT2D eigenvalue weighted by Gasteiger charge is 2.31. The van der Waals surface area contributed by atoms with Gasteiger partial charge in [-0.3, -0.25) is 9.59 Å². The molecule has 1 aliphatic heterocycles. The molecule has 2 aliphatic rings. The van der Waals surface area contributed by atoms with Gasteiger partial charge in [0.2, 0.25) is 15.9 Å². The topological polar surface area (TPSA) is 98.8 Å². The number of rotatable bonds is 9. The number of aryl methyl sites for hydroxylation is 1. The summed E-state index contributed by atoms with van der Waals surface area (Å²) in [6, 6.07) is 4.72. The summed E-state index contributed by atoms with van der Waals surface area (Å²) in [5, 5.41) is 3.08. The predicted octanol–water partition coefficient (Wildman–Crippen LogP) is 1.99. The van der Waals surface area contributed by atoms with Crippen LogP contribution in [0.25, 0.3) is 0 Å². The van der Waals surface area contributed by atoms with Crippen LogP contribution in [0.4, 0.5) is 0 Å². The molecule has 1 aromatic carbocycles. The Balaban J connectivity index is 1.58. The molecule has 8 nitrogen and oxygen atoms in total. The lowest BCUT2D eigenvalue weighted by Gasteiger charge is -2.33. The van der Waals surface area contributed by atoms with E-state index in [1.165, 1.54) is 6.07 Å². The first kappa shape index (κ1) is 25.6. The number of nitrogens with zero attached hydrogens (tertiary/aromatic N) is 2. The van der Waals surface area contributed by atoms with Crippen molar-refractivity contribution < 1.29 is 18.0 Å². The number of likely N-dealkylation sites (tertiary alicyclic amines) is 1. The highest BCUT2D eigenvalue weighted by atomic mass is 32.2. The lowest BCUT2D eigenvalue weighted by molar-refractivity contribution is -0.126. The first-order valence-electron chi connectivity index (χ1n) is 11.7. The monoisotopic (exact) mass is 478 g/mol. The molecule has 0 unspecified atom stereocenters. The summed E-state index contributed by atoms with van der Waals surface area (Å²) in [6.45, 7) is 8.52. The summed E-state index contributed by atoms with van der Waals surface area (Å²) < 4.78 is 27.8. The Bertz CT molecular complexity index is 978. The zero-order chi connectivity index (χ0) is 24.4. The number of nitrogens with one attached hydrogen (secondary N) is 2. The third-order valence-corrected chi connectivity index (χ3v) is 7.81. The van der Waals surface area contributed by atoms with E-state index in [1.807, 2.05) is 21.0 Å². The van der Waals surface area contributed by atoms with Crippen LogP contribution in [0.5, 0.6) is 0 Å². The molecule has 0 spiro atoms. The SMILES string of the molecule is Cc1ccc(S(=O)(=O)NC2CC2)cc1C(=O)N1CCC(C(=O)NCC(C)(C)CN(C)C)CC1. The third-order valence-electron chi connectivity index (χ3n) is 6.29. The molecule has 0 atom stereocenters. The quantitative estimate of drug-likeness (QED) is 0.566. The minimum atomic E-state index is -3.62. The van der Waals surface area contributed by atoms with Gasteiger partial charge >= 0.3 is 0 Å². The van der Waals surface area contributed by atoms with Gasteiger partial charge in [0.1, 0.15) is 0 Å². The first-order chi connectivity index (χ1) is 15.4. The van der Waals surface area contributed by atoms with Crippen LogP contribution >= 0.6 is 0 Å². The van der Waals surface area contributed by atoms with Crippen LogP contribution in [0.1, 0.15) is 55.5 Å². The average molecular weight is 479 g/mol. The predicted molar refractivity (Wildman–Crippen MR) is 128 cm³/mol. The Hall–Kier alpha value is -1.97. The molecule has 0 bridgehead atoms. The summed E-state index contributed by atoms with van der Waals surface area (Å²) in [5.74, 6) is -0.244. The highest BCUT2D eigenvalue weighted by Crippen LogP contribution is 2.25. The average Bonchev–Trinajstić information content (AvgIpc) is 3.54. The summed E-state index contributed by atoms with van der Waals surface area (Å²) in [6.07, 6.45) is 2.91. The fourth-order valence-corrected chi connectivity index (χ4v) is 5.72. The Morgan fingerprint density at radius 1 is 1.12 bits per heavy atom. The van der Waals surface area contributed by atoms with Crippen molar-refractivity contribution in [1.29, 1.82) is 0 Å². The highest BCUT2D eigenvalue weighted by molar-refractivity contribution is 7.89. The number of sulfonamides is 1. The molecule has 1 heterocycles. The van der Waals surface area contributed by atoms with Gasteiger partial charge in [-0.05, 0) is 69.8 Å². The standard InChI is InChI=1S/C24H38N4O4S/c1-17-6-9-20(33(31,32)26-19-7-8-19)14-21(17)23(30)28-12-10-18(11-13-28)22(29)25-15-24(2,3)16-27(4)5/h6,9,14,18-19,26H,7-8,10-13,15-16H2,1-5H3,(H,25,29). The zero-order valence-corrected chi connectivity index (χ0v) is 21.3. The van der Waals surface area contributed by atoms with Gasteiger partial charge in [0.05, 0.1) is 4.90 Å². The summed E-state index contributed by atoms with van der Waals surface area (Å²) in [4.78, 5) is 29.8. The van der Waals surface area contributed by atoms with E-state index in [0.717, 1.165) is 24.9 Å². The molecule has 184 valence electrons. The fourth-order valence-electron chi connectivity index (χ4n) is 4.39. The molecular weight excluding hydrogens is 440 g/mol. The fraction of sp³-hybridized carbons (Fsp3) is 0.667. The van der Waals surface area contributed by atoms with Crippen molar-refractivity contribution in [2.24, 2.45) is 11.3 Å². The number of amides is 2. The van der Waals surface area contributed by atoms with Crippen molar-refractivity contribution in [3.8, 4) is 0 Å². The van der Waals surface area contributed by atoms with Crippen LogP contribution in [0.3, 0.4) is 0 Å². The van der Waals surface area contributed by atoms with E-state index in [-0.39, 0.29) is 34.1 Å². The lowest BCUT2D eigenvalue weighted by atomic mass is 9.91. The molecule has 0 aromatic heterocycles. The largest absolute Gasteiger partial charge is 0.355 e. The molecule has 1 saturated heterocycles. The van der Waals surface area contributed by atoms with E-state index in [1.54, 1.807) is 17.0 Å². The van der Waals surface area contributed by atoms with Crippen molar-refractivity contribution in [2.75, 3.05) is 40.3 Å². The van der Waals surface area contributed by atoms with Crippen LogP contribution in [-0.2, 0) is 14.8 Å². The van der Waals surface area contributed by atoms with Crippen LogP contribution < -0.4 is 10.0 Å². The molecule has 2 amide bonds. The molecule has 2 fully saturated rings. The smallest absolute Gasteiger partial charge is 0.254 e. The molecule has 3 rings (SSSR count). The second-order valence-corrected chi connectivity index (χ2v) is 12.3. The van der Waals surface area contributed by atoms with E-state index >= 15 is 0 Å². The van der Waals surface area contributed by atoms with Crippen LogP contribution in [-0.4, -0.2) is 76.3 Å². The van der Waals surface area contributed by atoms with Gasteiger partial charge in [0, 0.05) is 43.7 Å². The number of hydrogen-bond acceptors (Lipinski definition) is 5. The molecule has 0 radical (unpaired) electrons. The van der Waals surface area contributed by atoms with Crippen molar-refractivity contribution in [3.63, 3.8) is 0 Å². The number of carbonyl (C=O) groups is 2. The van der Waals surface area contributed by atoms with Gasteiger partial charge in [-0.25, -0.2) is 13.1 Å². The molecule has 1 aromatic rings. The number of carbonyl (C=O) groups excluding carboxylic acids is 2. The van der Waals surface area contributed by atoms with Crippen LogP contribution in [0.15, 0.2) is 23.1 Å². The van der Waals surface area contributed by atoms with E-state index < -0.39 is 10.0 Å². The summed E-state index contributed by atoms with van der Waals surface area (Å²) >= 11 is 0. The van der Waals surface area contributed by atoms with Gasteiger partial charge in [-0.15, -0.1) is 0 Å². The second-order valence-electron chi connectivity index (χ2n) is 10.6. The van der Waals surface area contributed by atoms with E-state index in [4.69, 9.17) is 0 Å². The maximum atomic E-state index is 13.2. The van der Waals surface area contributed by atoms with Crippen molar-refractivity contribution in [3.05, 3.63) is 29.3 Å². The third kappa shape index (κ3) is 7.01. The summed E-state index contributed by atoms with van der Waals surface area (Å²) in [5.41, 5.74) is 1.13. The van der Waals surface area contributed by atoms with Gasteiger partial charge in [-0.2, -0.15) is 0 Å². The van der Waals surface area contributed by atoms with Gasteiger partial charge < -0.3 is 15.1 Å². The zero-order valence-electron chi connectivity index (χ0n) is 20.5. The Morgan fingerprint density at radius 2 is 1.76 bits per heavy atom. The number of benzene rings is 1. The number of hydrogen-bond donors (Lipinski definition) is 2. The Labute approximate surface area is 198 Å². The lowest BCUT2D eigenvalue weighted by Crippen LogP contribution is -2.46. The molecule has 33 heavy (non-hydrogen) atoms. The van der Waals surface area contributed by atoms with E-state index in [0.29, 0.717) is 38.0 Å². The van der Waals surface area contributed by atoms with Crippen LogP contribution in [0, 0.1) is 18.3 Å². The Kier molecular flexibility index (Phi) is 7.86. The molecule has 2 N–H and O–H groups in total. The van der Waals surface area contributed by atoms with Crippen molar-refractivity contribution >= 4 is 21.8 Å². The minimum absolute atomic E-state index is 0.00841. The summed E-state index contributed by atoms with van der Waals surface area (Å²) in [7, 11) is 0.418.